The molecule has 0 bridgehead atoms. The molecule has 0 radical (unpaired) electrons. The Morgan fingerprint density at radius 2 is 1.67 bits per heavy atom. The van der Waals surface area contributed by atoms with Gasteiger partial charge in [-0.1, -0.05) is 42.5 Å². The van der Waals surface area contributed by atoms with Crippen molar-refractivity contribution in [2.24, 2.45) is 0 Å². The van der Waals surface area contributed by atoms with Gasteiger partial charge in [0, 0.05) is 19.2 Å². The quantitative estimate of drug-likeness (QED) is 0.502. The SMILES string of the molecule is Cc1ccc(C(=C\C(=O)N2CCOCC2)/C=C/c2ccc(C(F)(F)F)cc2)cc1C. The summed E-state index contributed by atoms with van der Waals surface area (Å²) in [5, 5.41) is 0. The van der Waals surface area contributed by atoms with E-state index in [2.05, 4.69) is 0 Å². The van der Waals surface area contributed by atoms with E-state index in [1.165, 1.54) is 12.1 Å². The molecule has 0 aliphatic carbocycles. The maximum Gasteiger partial charge on any atom is 0.416 e. The van der Waals surface area contributed by atoms with Crippen LogP contribution in [0.5, 0.6) is 0 Å². The van der Waals surface area contributed by atoms with Gasteiger partial charge in [-0.05, 0) is 53.8 Å². The lowest BCUT2D eigenvalue weighted by Gasteiger charge is -2.26. The van der Waals surface area contributed by atoms with E-state index in [1.54, 1.807) is 23.1 Å². The third kappa shape index (κ3) is 5.60. The van der Waals surface area contributed by atoms with Crippen LogP contribution in [0.4, 0.5) is 13.2 Å². The molecule has 0 aromatic heterocycles. The van der Waals surface area contributed by atoms with E-state index >= 15 is 0 Å². The molecule has 0 saturated carbocycles. The fraction of sp³-hybridized carbons (Fsp3) is 0.292. The summed E-state index contributed by atoms with van der Waals surface area (Å²) in [5.74, 6) is -0.108. The van der Waals surface area contributed by atoms with Crippen molar-refractivity contribution in [3.8, 4) is 0 Å². The summed E-state index contributed by atoms with van der Waals surface area (Å²) in [6.07, 6.45) is 0.701. The molecular formula is C24H24F3NO2. The van der Waals surface area contributed by atoms with E-state index in [0.29, 0.717) is 37.4 Å². The fourth-order valence-corrected chi connectivity index (χ4v) is 3.13. The zero-order chi connectivity index (χ0) is 21.7. The number of alkyl halides is 3. The molecule has 1 heterocycles. The molecule has 3 nitrogen and oxygen atoms in total. The van der Waals surface area contributed by atoms with Gasteiger partial charge in [0.1, 0.15) is 0 Å². The Morgan fingerprint density at radius 3 is 2.27 bits per heavy atom. The number of ether oxygens (including phenoxy) is 1. The van der Waals surface area contributed by atoms with Gasteiger partial charge in [0.2, 0.25) is 5.91 Å². The number of hydrogen-bond donors (Lipinski definition) is 0. The van der Waals surface area contributed by atoms with Crippen molar-refractivity contribution in [2.75, 3.05) is 26.3 Å². The first-order chi connectivity index (χ1) is 14.2. The van der Waals surface area contributed by atoms with Gasteiger partial charge in [-0.15, -0.1) is 0 Å². The van der Waals surface area contributed by atoms with Crippen LogP contribution in [-0.4, -0.2) is 37.1 Å². The molecule has 1 amide bonds. The lowest BCUT2D eigenvalue weighted by molar-refractivity contribution is -0.137. The number of nitrogens with zero attached hydrogens (tertiary/aromatic N) is 1. The van der Waals surface area contributed by atoms with Gasteiger partial charge in [0.15, 0.2) is 0 Å². The Kier molecular flexibility index (Phi) is 6.77. The number of morpholine rings is 1. The zero-order valence-corrected chi connectivity index (χ0v) is 17.0. The van der Waals surface area contributed by atoms with E-state index in [-0.39, 0.29) is 5.91 Å². The standard InChI is InChI=1S/C24H24F3NO2/c1-17-3-7-20(15-18(17)2)21(16-23(29)28-11-13-30-14-12-28)8-4-19-5-9-22(10-6-19)24(25,26)27/h3-10,15-16H,11-14H2,1-2H3/b8-4+,21-16-. The molecule has 2 aromatic carbocycles. The van der Waals surface area contributed by atoms with Gasteiger partial charge >= 0.3 is 6.18 Å². The van der Waals surface area contributed by atoms with Crippen molar-refractivity contribution in [3.05, 3.63) is 82.4 Å². The molecule has 3 rings (SSSR count). The van der Waals surface area contributed by atoms with Crippen LogP contribution in [0.3, 0.4) is 0 Å². The third-order valence-corrected chi connectivity index (χ3v) is 5.14. The highest BCUT2D eigenvalue weighted by Gasteiger charge is 2.29. The Morgan fingerprint density at radius 1 is 1.00 bits per heavy atom. The minimum Gasteiger partial charge on any atom is -0.378 e. The van der Waals surface area contributed by atoms with Gasteiger partial charge in [0.05, 0.1) is 18.8 Å². The van der Waals surface area contributed by atoms with Crippen LogP contribution in [0, 0.1) is 13.8 Å². The maximum atomic E-state index is 12.8. The number of benzene rings is 2. The lowest BCUT2D eigenvalue weighted by Crippen LogP contribution is -2.39. The molecule has 1 aliphatic heterocycles. The molecule has 30 heavy (non-hydrogen) atoms. The third-order valence-electron chi connectivity index (χ3n) is 5.14. The van der Waals surface area contributed by atoms with Gasteiger partial charge in [-0.25, -0.2) is 0 Å². The monoisotopic (exact) mass is 415 g/mol. The number of hydrogen-bond acceptors (Lipinski definition) is 2. The van der Waals surface area contributed by atoms with Crippen LogP contribution in [0.15, 0.2) is 54.6 Å². The Labute approximate surface area is 174 Å². The number of allylic oxidation sites excluding steroid dienone is 2. The van der Waals surface area contributed by atoms with Crippen LogP contribution in [0.25, 0.3) is 11.6 Å². The van der Waals surface area contributed by atoms with Gasteiger partial charge < -0.3 is 9.64 Å². The molecule has 2 aromatic rings. The fourth-order valence-electron chi connectivity index (χ4n) is 3.13. The summed E-state index contributed by atoms with van der Waals surface area (Å²) >= 11 is 0. The molecule has 158 valence electrons. The number of carbonyl (C=O) groups is 1. The van der Waals surface area contributed by atoms with Crippen molar-refractivity contribution in [3.63, 3.8) is 0 Å². The van der Waals surface area contributed by atoms with E-state index in [4.69, 9.17) is 4.74 Å². The summed E-state index contributed by atoms with van der Waals surface area (Å²) in [4.78, 5) is 14.5. The molecule has 0 atom stereocenters. The molecule has 1 aliphatic rings. The largest absolute Gasteiger partial charge is 0.416 e. The Bertz CT molecular complexity index is 953. The molecule has 1 fully saturated rings. The van der Waals surface area contributed by atoms with Gasteiger partial charge in [0.25, 0.3) is 0 Å². The number of aryl methyl sites for hydroxylation is 2. The van der Waals surface area contributed by atoms with Crippen molar-refractivity contribution < 1.29 is 22.7 Å². The highest BCUT2D eigenvalue weighted by molar-refractivity contribution is 5.98. The molecule has 0 unspecified atom stereocenters. The minimum atomic E-state index is -4.36. The summed E-state index contributed by atoms with van der Waals surface area (Å²) < 4.78 is 43.6. The topological polar surface area (TPSA) is 29.5 Å². The summed E-state index contributed by atoms with van der Waals surface area (Å²) in [7, 11) is 0. The normalized spacial score (nSPS) is 15.6. The first kappa shape index (κ1) is 21.8. The molecular weight excluding hydrogens is 391 g/mol. The molecule has 0 spiro atoms. The van der Waals surface area contributed by atoms with Crippen LogP contribution < -0.4 is 0 Å². The van der Waals surface area contributed by atoms with Gasteiger partial charge in [-0.3, -0.25) is 4.79 Å². The summed E-state index contributed by atoms with van der Waals surface area (Å²) in [5.41, 5.74) is 3.76. The number of rotatable bonds is 4. The van der Waals surface area contributed by atoms with Crippen LogP contribution >= 0.6 is 0 Å². The number of amides is 1. The second-order valence-corrected chi connectivity index (χ2v) is 7.29. The predicted molar refractivity (Wildman–Crippen MR) is 112 cm³/mol. The number of carbonyl (C=O) groups excluding carboxylic acids is 1. The Balaban J connectivity index is 1.90. The van der Waals surface area contributed by atoms with E-state index < -0.39 is 11.7 Å². The van der Waals surface area contributed by atoms with Crippen molar-refractivity contribution in [1.29, 1.82) is 0 Å². The lowest BCUT2D eigenvalue weighted by atomic mass is 9.99. The van der Waals surface area contributed by atoms with Crippen LogP contribution in [-0.2, 0) is 15.7 Å². The summed E-state index contributed by atoms with van der Waals surface area (Å²) in [6, 6.07) is 10.9. The highest BCUT2D eigenvalue weighted by Crippen LogP contribution is 2.29. The van der Waals surface area contributed by atoms with Crippen LogP contribution in [0.2, 0.25) is 0 Å². The van der Waals surface area contributed by atoms with Crippen molar-refractivity contribution in [1.82, 2.24) is 4.90 Å². The maximum absolute atomic E-state index is 12.8. The average Bonchev–Trinajstić information content (AvgIpc) is 2.73. The summed E-state index contributed by atoms with van der Waals surface area (Å²) in [6.45, 7) is 6.12. The van der Waals surface area contributed by atoms with E-state index in [0.717, 1.165) is 28.8 Å². The minimum absolute atomic E-state index is 0.108. The molecule has 6 heteroatoms. The second kappa shape index (κ2) is 9.30. The smallest absolute Gasteiger partial charge is 0.378 e. The second-order valence-electron chi connectivity index (χ2n) is 7.29. The number of halogens is 3. The first-order valence-corrected chi connectivity index (χ1v) is 9.75. The van der Waals surface area contributed by atoms with Crippen molar-refractivity contribution in [2.45, 2.75) is 20.0 Å². The zero-order valence-electron chi connectivity index (χ0n) is 17.0. The van der Waals surface area contributed by atoms with E-state index in [1.807, 2.05) is 32.0 Å². The molecule has 0 N–H and O–H groups in total. The van der Waals surface area contributed by atoms with E-state index in [9.17, 15) is 18.0 Å². The van der Waals surface area contributed by atoms with Gasteiger partial charge in [-0.2, -0.15) is 13.2 Å². The average molecular weight is 415 g/mol. The van der Waals surface area contributed by atoms with Crippen LogP contribution in [0.1, 0.15) is 27.8 Å². The molecule has 1 saturated heterocycles. The first-order valence-electron chi connectivity index (χ1n) is 9.75. The highest BCUT2D eigenvalue weighted by atomic mass is 19.4. The van der Waals surface area contributed by atoms with Crippen molar-refractivity contribution >= 4 is 17.6 Å². The predicted octanol–water partition coefficient (Wildman–Crippen LogP) is 5.28. The Hall–Kier alpha value is -2.86.